The second kappa shape index (κ2) is 6.83. The normalized spacial score (nSPS) is 10.3. The van der Waals surface area contributed by atoms with E-state index in [0.717, 1.165) is 10.8 Å². The summed E-state index contributed by atoms with van der Waals surface area (Å²) in [5, 5.41) is 5.98. The van der Waals surface area contributed by atoms with Gasteiger partial charge in [0.15, 0.2) is 0 Å². The van der Waals surface area contributed by atoms with Crippen LogP contribution in [0.15, 0.2) is 84.9 Å². The topological polar surface area (TPSA) is 0 Å². The second-order valence-corrected chi connectivity index (χ2v) is 5.71. The van der Waals surface area contributed by atoms with E-state index in [1.165, 1.54) is 10.8 Å². The predicted octanol–water partition coefficient (Wildman–Crippen LogP) is 6.99. The maximum absolute atomic E-state index is 5.99. The Hall–Kier alpha value is -2.02. The summed E-state index contributed by atoms with van der Waals surface area (Å²) in [6, 6.07) is 28.4. The Morgan fingerprint density at radius 3 is 1.45 bits per heavy atom. The van der Waals surface area contributed by atoms with Crippen molar-refractivity contribution in [2.45, 2.75) is 0 Å². The van der Waals surface area contributed by atoms with Gasteiger partial charge in [-0.05, 0) is 22.2 Å². The summed E-state index contributed by atoms with van der Waals surface area (Å²) in [5.74, 6) is 0. The minimum absolute atomic E-state index is 0.607. The van der Waals surface area contributed by atoms with Crippen LogP contribution in [-0.4, -0.2) is 0 Å². The first-order chi connectivity index (χ1) is 10.8. The van der Waals surface area contributed by atoms with Gasteiger partial charge in [-0.1, -0.05) is 102 Å². The van der Waals surface area contributed by atoms with E-state index in [4.69, 9.17) is 23.2 Å². The van der Waals surface area contributed by atoms with Crippen LogP contribution in [0.3, 0.4) is 0 Å². The molecule has 0 saturated carbocycles. The monoisotopic (exact) mass is 324 g/mol. The average molecular weight is 325 g/mol. The summed E-state index contributed by atoms with van der Waals surface area (Å²) in [6.45, 7) is 0. The van der Waals surface area contributed by atoms with Gasteiger partial charge in [0.25, 0.3) is 0 Å². The van der Waals surface area contributed by atoms with Gasteiger partial charge in [0.05, 0.1) is 10.0 Å². The van der Waals surface area contributed by atoms with E-state index in [-0.39, 0.29) is 0 Å². The van der Waals surface area contributed by atoms with Gasteiger partial charge in [-0.3, -0.25) is 0 Å². The summed E-state index contributed by atoms with van der Waals surface area (Å²) in [6.07, 6.45) is 0. The molecule has 0 heterocycles. The summed E-state index contributed by atoms with van der Waals surface area (Å²) < 4.78 is 0. The second-order valence-electron chi connectivity index (χ2n) is 4.93. The van der Waals surface area contributed by atoms with Gasteiger partial charge in [0.1, 0.15) is 0 Å². The molecule has 0 nitrogen and oxygen atoms in total. The zero-order valence-electron chi connectivity index (χ0n) is 11.8. The van der Waals surface area contributed by atoms with Crippen molar-refractivity contribution in [3.05, 3.63) is 95.0 Å². The van der Waals surface area contributed by atoms with E-state index >= 15 is 0 Å². The number of halogens is 2. The molecule has 22 heavy (non-hydrogen) atoms. The van der Waals surface area contributed by atoms with Crippen LogP contribution >= 0.6 is 23.2 Å². The Morgan fingerprint density at radius 2 is 0.909 bits per heavy atom. The number of benzene rings is 4. The fraction of sp³-hybridized carbons (Fsp3) is 0. The van der Waals surface area contributed by atoms with Gasteiger partial charge in [-0.25, -0.2) is 0 Å². The van der Waals surface area contributed by atoms with Crippen molar-refractivity contribution in [2.24, 2.45) is 0 Å². The lowest BCUT2D eigenvalue weighted by Gasteiger charge is -2.00. The van der Waals surface area contributed by atoms with E-state index in [0.29, 0.717) is 10.0 Å². The molecule has 4 aromatic carbocycles. The Balaban J connectivity index is 0.000000133. The molecule has 0 radical (unpaired) electrons. The Bertz CT molecular complexity index is 848. The third-order valence-electron chi connectivity index (χ3n) is 3.47. The van der Waals surface area contributed by atoms with E-state index < -0.39 is 0 Å². The summed E-state index contributed by atoms with van der Waals surface area (Å²) in [5.41, 5.74) is 0. The lowest BCUT2D eigenvalue weighted by atomic mass is 10.1. The fourth-order valence-corrected chi connectivity index (χ4v) is 2.74. The Morgan fingerprint density at radius 1 is 0.455 bits per heavy atom. The molecule has 0 atom stereocenters. The first-order valence-electron chi connectivity index (χ1n) is 7.02. The van der Waals surface area contributed by atoms with Gasteiger partial charge >= 0.3 is 0 Å². The summed E-state index contributed by atoms with van der Waals surface area (Å²) in [7, 11) is 0. The van der Waals surface area contributed by atoms with Gasteiger partial charge in [-0.15, -0.1) is 0 Å². The molecule has 0 saturated heterocycles. The highest BCUT2D eigenvalue weighted by Gasteiger charge is 2.01. The van der Waals surface area contributed by atoms with Crippen LogP contribution < -0.4 is 0 Å². The lowest BCUT2D eigenvalue weighted by molar-refractivity contribution is 1.74. The Kier molecular flexibility index (Phi) is 4.62. The predicted molar refractivity (Wildman–Crippen MR) is 97.9 cm³/mol. The molecule has 0 spiro atoms. The van der Waals surface area contributed by atoms with Crippen LogP contribution in [-0.2, 0) is 0 Å². The van der Waals surface area contributed by atoms with E-state index in [2.05, 4.69) is 48.5 Å². The average Bonchev–Trinajstić information content (AvgIpc) is 2.59. The molecular formula is C20H14Cl2. The van der Waals surface area contributed by atoms with E-state index in [1.807, 2.05) is 36.4 Å². The quantitative estimate of drug-likeness (QED) is 0.327. The minimum Gasteiger partial charge on any atom is -0.0827 e. The first-order valence-corrected chi connectivity index (χ1v) is 7.78. The molecule has 0 amide bonds. The van der Waals surface area contributed by atoms with Crippen molar-refractivity contribution in [1.29, 1.82) is 0 Å². The highest BCUT2D eigenvalue weighted by Crippen LogP contribution is 2.30. The van der Waals surface area contributed by atoms with Crippen LogP contribution in [0.4, 0.5) is 0 Å². The molecule has 0 aliphatic heterocycles. The number of hydrogen-bond donors (Lipinski definition) is 0. The summed E-state index contributed by atoms with van der Waals surface area (Å²) in [4.78, 5) is 0. The third-order valence-corrected chi connectivity index (χ3v) is 4.29. The molecule has 0 unspecified atom stereocenters. The lowest BCUT2D eigenvalue weighted by Crippen LogP contribution is -1.74. The minimum atomic E-state index is 0.607. The highest BCUT2D eigenvalue weighted by molar-refractivity contribution is 6.45. The number of hydrogen-bond acceptors (Lipinski definition) is 0. The molecule has 0 aromatic heterocycles. The van der Waals surface area contributed by atoms with Crippen molar-refractivity contribution in [3.63, 3.8) is 0 Å². The first kappa shape index (κ1) is 14.9. The number of fused-ring (bicyclic) bond motifs is 2. The molecule has 0 aliphatic rings. The van der Waals surface area contributed by atoms with E-state index in [1.54, 1.807) is 0 Å². The Labute approximate surface area is 139 Å². The standard InChI is InChI=1S/C10H6Cl2.C10H8/c11-9-6-5-7-3-1-2-4-8(7)10(9)12;1-2-6-10-8-4-3-7-9(10)5-1/h1-6H;1-8H. The molecule has 108 valence electrons. The fourth-order valence-electron chi connectivity index (χ4n) is 2.34. The van der Waals surface area contributed by atoms with E-state index in [9.17, 15) is 0 Å². The number of rotatable bonds is 0. The van der Waals surface area contributed by atoms with Crippen molar-refractivity contribution in [1.82, 2.24) is 0 Å². The van der Waals surface area contributed by atoms with Gasteiger partial charge in [0.2, 0.25) is 0 Å². The SMILES string of the molecule is Clc1ccc2ccccc2c1Cl.c1ccc2ccccc2c1. The third kappa shape index (κ3) is 3.24. The van der Waals surface area contributed by atoms with Crippen LogP contribution in [0.5, 0.6) is 0 Å². The molecule has 0 bridgehead atoms. The van der Waals surface area contributed by atoms with Gasteiger partial charge in [0, 0.05) is 5.39 Å². The van der Waals surface area contributed by atoms with Crippen LogP contribution in [0.2, 0.25) is 10.0 Å². The van der Waals surface area contributed by atoms with Crippen molar-refractivity contribution in [2.75, 3.05) is 0 Å². The molecule has 0 fully saturated rings. The van der Waals surface area contributed by atoms with Crippen LogP contribution in [0, 0.1) is 0 Å². The largest absolute Gasteiger partial charge is 0.0827 e. The molecule has 4 aromatic rings. The smallest absolute Gasteiger partial charge is 0.0670 e. The maximum atomic E-state index is 5.99. The molecule has 0 N–H and O–H groups in total. The zero-order valence-corrected chi connectivity index (χ0v) is 13.4. The maximum Gasteiger partial charge on any atom is 0.0670 e. The van der Waals surface area contributed by atoms with Gasteiger partial charge in [-0.2, -0.15) is 0 Å². The zero-order chi connectivity index (χ0) is 15.4. The summed E-state index contributed by atoms with van der Waals surface area (Å²) >= 11 is 11.8. The molecule has 4 rings (SSSR count). The van der Waals surface area contributed by atoms with Crippen molar-refractivity contribution in [3.8, 4) is 0 Å². The van der Waals surface area contributed by atoms with Crippen LogP contribution in [0.1, 0.15) is 0 Å². The van der Waals surface area contributed by atoms with Crippen molar-refractivity contribution < 1.29 is 0 Å². The van der Waals surface area contributed by atoms with Gasteiger partial charge < -0.3 is 0 Å². The molecule has 0 aliphatic carbocycles. The van der Waals surface area contributed by atoms with Crippen molar-refractivity contribution >= 4 is 44.7 Å². The van der Waals surface area contributed by atoms with Crippen LogP contribution in [0.25, 0.3) is 21.5 Å². The molecular weight excluding hydrogens is 311 g/mol. The molecule has 2 heteroatoms. The highest BCUT2D eigenvalue weighted by atomic mass is 35.5.